The largest absolute Gasteiger partial charge is 0.463 e. The van der Waals surface area contributed by atoms with Crippen molar-refractivity contribution in [3.63, 3.8) is 0 Å². The zero-order valence-electron chi connectivity index (χ0n) is 6.16. The Morgan fingerprint density at radius 2 is 2.42 bits per heavy atom. The molecule has 12 heavy (non-hydrogen) atoms. The molecule has 4 heteroatoms. The summed E-state index contributed by atoms with van der Waals surface area (Å²) in [7, 11) is 0. The first kappa shape index (κ1) is 8.43. The van der Waals surface area contributed by atoms with Gasteiger partial charge in [-0.05, 0) is 12.1 Å². The molecule has 1 rings (SSSR count). The second kappa shape index (κ2) is 4.26. The van der Waals surface area contributed by atoms with Crippen LogP contribution < -0.4 is 4.74 Å². The summed E-state index contributed by atoms with van der Waals surface area (Å²) in [6, 6.07) is 6.23. The Bertz CT molecular complexity index is 308. The van der Waals surface area contributed by atoms with Crippen LogP contribution in [0.3, 0.4) is 0 Å². The van der Waals surface area contributed by atoms with Gasteiger partial charge in [0.15, 0.2) is 0 Å². The van der Waals surface area contributed by atoms with Crippen LogP contribution in [0.25, 0.3) is 0 Å². The van der Waals surface area contributed by atoms with E-state index in [1.54, 1.807) is 18.2 Å². The highest BCUT2D eigenvalue weighted by Crippen LogP contribution is 2.18. The zero-order valence-corrected chi connectivity index (χ0v) is 6.16. The maximum atomic E-state index is 11.7. The highest BCUT2D eigenvalue weighted by atomic mass is 19.1. The molecule has 0 unspecified atom stereocenters. The molecular formula is C8H6FNO2. The third-order valence-corrected chi connectivity index (χ3v) is 1.21. The second-order valence-corrected chi connectivity index (χ2v) is 1.95. The maximum Gasteiger partial charge on any atom is 0.240 e. The molecule has 1 aromatic carbocycles. The monoisotopic (exact) mass is 167 g/mol. The van der Waals surface area contributed by atoms with Crippen molar-refractivity contribution in [2.45, 2.75) is 0 Å². The lowest BCUT2D eigenvalue weighted by Crippen LogP contribution is -1.88. The third kappa shape index (κ3) is 2.18. The Labute approximate surface area is 68.5 Å². The number of ether oxygens (including phenoxy) is 1. The van der Waals surface area contributed by atoms with E-state index < -0.39 is 6.86 Å². The normalized spacial score (nSPS) is 8.75. The standard InChI is InChI=1S/C8H6FNO2/c9-5-12-8-3-1-2-7(4-8)10-6-11/h1-4H,5H2. The first-order valence-electron chi connectivity index (χ1n) is 3.23. The average Bonchev–Trinajstić information content (AvgIpc) is 2.06. The predicted molar refractivity (Wildman–Crippen MR) is 40.8 cm³/mol. The van der Waals surface area contributed by atoms with Gasteiger partial charge in [0, 0.05) is 6.07 Å². The number of benzene rings is 1. The lowest BCUT2D eigenvalue weighted by molar-refractivity contribution is 0.192. The summed E-state index contributed by atoms with van der Waals surface area (Å²) in [6.45, 7) is -0.895. The van der Waals surface area contributed by atoms with Crippen molar-refractivity contribution in [3.05, 3.63) is 24.3 Å². The molecular weight excluding hydrogens is 161 g/mol. The van der Waals surface area contributed by atoms with Crippen molar-refractivity contribution >= 4 is 11.8 Å². The van der Waals surface area contributed by atoms with Gasteiger partial charge in [-0.25, -0.2) is 9.18 Å². The van der Waals surface area contributed by atoms with E-state index in [9.17, 15) is 9.18 Å². The Hall–Kier alpha value is -1.67. The van der Waals surface area contributed by atoms with Gasteiger partial charge in [0.25, 0.3) is 0 Å². The first-order chi connectivity index (χ1) is 5.86. The lowest BCUT2D eigenvalue weighted by Gasteiger charge is -1.99. The molecule has 0 spiro atoms. The molecule has 0 aliphatic heterocycles. The van der Waals surface area contributed by atoms with Crippen molar-refractivity contribution in [1.82, 2.24) is 0 Å². The Morgan fingerprint density at radius 1 is 1.58 bits per heavy atom. The number of hydrogen-bond donors (Lipinski definition) is 0. The van der Waals surface area contributed by atoms with Gasteiger partial charge < -0.3 is 4.74 Å². The molecule has 0 saturated carbocycles. The Morgan fingerprint density at radius 3 is 3.08 bits per heavy atom. The van der Waals surface area contributed by atoms with Crippen molar-refractivity contribution in [3.8, 4) is 5.75 Å². The molecule has 0 saturated heterocycles. The van der Waals surface area contributed by atoms with Gasteiger partial charge in [-0.2, -0.15) is 4.99 Å². The zero-order chi connectivity index (χ0) is 8.81. The molecule has 0 radical (unpaired) electrons. The molecule has 0 aliphatic rings. The molecule has 0 bridgehead atoms. The van der Waals surface area contributed by atoms with Gasteiger partial charge in [-0.15, -0.1) is 0 Å². The number of nitrogens with zero attached hydrogens (tertiary/aromatic N) is 1. The van der Waals surface area contributed by atoms with Gasteiger partial charge in [-0.1, -0.05) is 6.07 Å². The summed E-state index contributed by atoms with van der Waals surface area (Å²) in [5, 5.41) is 0. The summed E-state index contributed by atoms with van der Waals surface area (Å²) in [5.74, 6) is 0.342. The van der Waals surface area contributed by atoms with Crippen LogP contribution in [0.4, 0.5) is 10.1 Å². The van der Waals surface area contributed by atoms with Crippen LogP contribution in [0.1, 0.15) is 0 Å². The van der Waals surface area contributed by atoms with E-state index >= 15 is 0 Å². The van der Waals surface area contributed by atoms with E-state index in [1.165, 1.54) is 12.1 Å². The van der Waals surface area contributed by atoms with Gasteiger partial charge in [-0.3, -0.25) is 0 Å². The molecule has 0 fully saturated rings. The summed E-state index contributed by atoms with van der Waals surface area (Å²) in [6.07, 6.45) is 1.38. The second-order valence-electron chi connectivity index (χ2n) is 1.95. The summed E-state index contributed by atoms with van der Waals surface area (Å²) < 4.78 is 16.2. The molecule has 0 N–H and O–H groups in total. The minimum absolute atomic E-state index is 0.342. The molecule has 0 heterocycles. The number of aliphatic imine (C=N–C) groups is 1. The molecule has 0 amide bonds. The topological polar surface area (TPSA) is 38.7 Å². The molecule has 62 valence electrons. The number of halogens is 1. The third-order valence-electron chi connectivity index (χ3n) is 1.21. The molecule has 0 aliphatic carbocycles. The first-order valence-corrected chi connectivity index (χ1v) is 3.23. The average molecular weight is 167 g/mol. The lowest BCUT2D eigenvalue weighted by atomic mass is 10.3. The van der Waals surface area contributed by atoms with Crippen molar-refractivity contribution in [2.24, 2.45) is 4.99 Å². The van der Waals surface area contributed by atoms with Crippen molar-refractivity contribution < 1.29 is 13.9 Å². The highest BCUT2D eigenvalue weighted by Gasteiger charge is 1.93. The maximum absolute atomic E-state index is 11.7. The van der Waals surface area contributed by atoms with Gasteiger partial charge in [0.2, 0.25) is 12.9 Å². The fraction of sp³-hybridized carbons (Fsp3) is 0.125. The van der Waals surface area contributed by atoms with Crippen LogP contribution in [0.15, 0.2) is 29.3 Å². The Balaban J connectivity index is 2.87. The molecule has 3 nitrogen and oxygen atoms in total. The molecule has 0 aromatic heterocycles. The van der Waals surface area contributed by atoms with Crippen molar-refractivity contribution in [2.75, 3.05) is 6.86 Å². The smallest absolute Gasteiger partial charge is 0.240 e. The molecule has 1 aromatic rings. The van der Waals surface area contributed by atoms with Crippen molar-refractivity contribution in [1.29, 1.82) is 0 Å². The number of hydrogen-bond acceptors (Lipinski definition) is 3. The van der Waals surface area contributed by atoms with E-state index in [0.29, 0.717) is 11.4 Å². The SMILES string of the molecule is O=C=Nc1cccc(OCF)c1. The van der Waals surface area contributed by atoms with Crippen LogP contribution in [0, 0.1) is 0 Å². The van der Waals surface area contributed by atoms with Crippen LogP contribution in [-0.4, -0.2) is 12.9 Å². The number of carbonyl (C=O) groups excluding carboxylic acids is 1. The minimum atomic E-state index is -0.895. The van der Waals surface area contributed by atoms with E-state index in [2.05, 4.69) is 9.73 Å². The van der Waals surface area contributed by atoms with Gasteiger partial charge in [0.05, 0.1) is 5.69 Å². The quantitative estimate of drug-likeness (QED) is 0.509. The van der Waals surface area contributed by atoms with E-state index in [1.807, 2.05) is 0 Å². The molecule has 0 atom stereocenters. The fourth-order valence-electron chi connectivity index (χ4n) is 0.759. The summed E-state index contributed by atoms with van der Waals surface area (Å²) in [4.78, 5) is 13.2. The number of alkyl halides is 1. The minimum Gasteiger partial charge on any atom is -0.463 e. The predicted octanol–water partition coefficient (Wildman–Crippen LogP) is 1.96. The summed E-state index contributed by atoms with van der Waals surface area (Å²) in [5.41, 5.74) is 0.399. The van der Waals surface area contributed by atoms with E-state index in [0.717, 1.165) is 0 Å². The van der Waals surface area contributed by atoms with Crippen LogP contribution in [0.5, 0.6) is 5.75 Å². The van der Waals surface area contributed by atoms with Gasteiger partial charge in [0.1, 0.15) is 5.75 Å². The summed E-state index contributed by atoms with van der Waals surface area (Å²) >= 11 is 0. The number of rotatable bonds is 3. The highest BCUT2D eigenvalue weighted by molar-refractivity contribution is 5.51. The van der Waals surface area contributed by atoms with Crippen LogP contribution in [-0.2, 0) is 4.79 Å². The Kier molecular flexibility index (Phi) is 2.99. The number of isocyanates is 1. The van der Waals surface area contributed by atoms with Crippen LogP contribution >= 0.6 is 0 Å². The van der Waals surface area contributed by atoms with Crippen LogP contribution in [0.2, 0.25) is 0 Å². The van der Waals surface area contributed by atoms with Gasteiger partial charge >= 0.3 is 0 Å². The van der Waals surface area contributed by atoms with E-state index in [4.69, 9.17) is 0 Å². The van der Waals surface area contributed by atoms with E-state index in [-0.39, 0.29) is 0 Å². The fourth-order valence-corrected chi connectivity index (χ4v) is 0.759.